The first-order valence-electron chi connectivity index (χ1n) is 7.54. The van der Waals surface area contributed by atoms with Gasteiger partial charge >= 0.3 is 0 Å². The summed E-state index contributed by atoms with van der Waals surface area (Å²) in [6.07, 6.45) is 1.47. The van der Waals surface area contributed by atoms with Crippen molar-refractivity contribution in [1.29, 1.82) is 5.26 Å². The fourth-order valence-electron chi connectivity index (χ4n) is 2.98. The fourth-order valence-corrected chi connectivity index (χ4v) is 2.98. The Labute approximate surface area is 134 Å². The Balaban J connectivity index is 1.83. The van der Waals surface area contributed by atoms with Crippen molar-refractivity contribution in [3.05, 3.63) is 35.9 Å². The van der Waals surface area contributed by atoms with Crippen LogP contribution in [-0.2, 0) is 0 Å². The van der Waals surface area contributed by atoms with Crippen molar-refractivity contribution >= 4 is 5.82 Å². The van der Waals surface area contributed by atoms with Gasteiger partial charge in [0.25, 0.3) is 0 Å². The van der Waals surface area contributed by atoms with Crippen molar-refractivity contribution in [3.8, 4) is 23.1 Å². The Morgan fingerprint density at radius 1 is 1.26 bits per heavy atom. The minimum Gasteiger partial charge on any atom is -0.507 e. The summed E-state index contributed by atoms with van der Waals surface area (Å²) in [7, 11) is 1.82. The van der Waals surface area contributed by atoms with Gasteiger partial charge in [-0.3, -0.25) is 0 Å². The van der Waals surface area contributed by atoms with E-state index in [1.807, 2.05) is 18.0 Å². The van der Waals surface area contributed by atoms with Crippen LogP contribution in [0.4, 0.5) is 10.2 Å². The fraction of sp³-hybridized carbons (Fsp3) is 0.353. The van der Waals surface area contributed by atoms with Crippen molar-refractivity contribution in [1.82, 2.24) is 10.2 Å². The maximum atomic E-state index is 13.8. The van der Waals surface area contributed by atoms with Gasteiger partial charge in [-0.1, -0.05) is 0 Å². The number of hydrogen-bond donors (Lipinski definition) is 1. The molecule has 1 fully saturated rings. The molecule has 0 radical (unpaired) electrons. The molecule has 23 heavy (non-hydrogen) atoms. The van der Waals surface area contributed by atoms with Crippen LogP contribution in [0.1, 0.15) is 24.8 Å². The molecule has 0 bridgehead atoms. The second-order valence-corrected chi connectivity index (χ2v) is 5.75. The van der Waals surface area contributed by atoms with E-state index in [1.54, 1.807) is 24.3 Å². The zero-order valence-corrected chi connectivity index (χ0v) is 12.8. The molecule has 0 spiro atoms. The van der Waals surface area contributed by atoms with E-state index in [0.29, 0.717) is 29.1 Å². The zero-order chi connectivity index (χ0) is 16.4. The van der Waals surface area contributed by atoms with Gasteiger partial charge in [0.05, 0.1) is 23.4 Å². The monoisotopic (exact) mass is 312 g/mol. The molecular formula is C17H17FN4O. The van der Waals surface area contributed by atoms with E-state index in [4.69, 9.17) is 5.26 Å². The summed E-state index contributed by atoms with van der Waals surface area (Å²) in [6.45, 7) is 0. The lowest BCUT2D eigenvalue weighted by atomic mass is 10.1. The van der Waals surface area contributed by atoms with Gasteiger partial charge in [0.1, 0.15) is 11.9 Å². The van der Waals surface area contributed by atoms with Crippen LogP contribution in [0.2, 0.25) is 0 Å². The molecule has 5 nitrogen and oxygen atoms in total. The van der Waals surface area contributed by atoms with Crippen LogP contribution in [0, 0.1) is 11.3 Å². The number of aromatic hydroxyl groups is 1. The van der Waals surface area contributed by atoms with Crippen molar-refractivity contribution in [2.45, 2.75) is 31.5 Å². The molecular weight excluding hydrogens is 295 g/mol. The Morgan fingerprint density at radius 3 is 2.65 bits per heavy atom. The number of alkyl halides is 1. The van der Waals surface area contributed by atoms with Gasteiger partial charge in [0.15, 0.2) is 5.82 Å². The van der Waals surface area contributed by atoms with Crippen LogP contribution in [0.15, 0.2) is 30.3 Å². The Hall–Kier alpha value is -2.68. The maximum absolute atomic E-state index is 13.8. The van der Waals surface area contributed by atoms with Crippen molar-refractivity contribution < 1.29 is 9.50 Å². The smallest absolute Gasteiger partial charge is 0.151 e. The lowest BCUT2D eigenvalue weighted by Crippen LogP contribution is -2.36. The van der Waals surface area contributed by atoms with Crippen LogP contribution < -0.4 is 4.90 Å². The molecule has 0 unspecified atom stereocenters. The highest BCUT2D eigenvalue weighted by Crippen LogP contribution is 2.31. The lowest BCUT2D eigenvalue weighted by Gasteiger charge is -2.26. The summed E-state index contributed by atoms with van der Waals surface area (Å²) in [6, 6.07) is 9.96. The molecule has 1 aliphatic carbocycles. The largest absolute Gasteiger partial charge is 0.507 e. The highest BCUT2D eigenvalue weighted by atomic mass is 19.1. The second-order valence-electron chi connectivity index (χ2n) is 5.75. The molecule has 2 atom stereocenters. The van der Waals surface area contributed by atoms with Gasteiger partial charge in [-0.15, -0.1) is 10.2 Å². The van der Waals surface area contributed by atoms with Gasteiger partial charge in [-0.05, 0) is 49.6 Å². The van der Waals surface area contributed by atoms with Crippen LogP contribution in [0.5, 0.6) is 5.75 Å². The summed E-state index contributed by atoms with van der Waals surface area (Å²) in [5, 5.41) is 27.1. The molecule has 1 aromatic carbocycles. The van der Waals surface area contributed by atoms with E-state index in [9.17, 15) is 9.50 Å². The highest BCUT2D eigenvalue weighted by molar-refractivity contribution is 5.68. The third kappa shape index (κ3) is 2.95. The summed E-state index contributed by atoms with van der Waals surface area (Å²) in [5.74, 6) is 0.593. The van der Waals surface area contributed by atoms with E-state index in [-0.39, 0.29) is 11.8 Å². The molecule has 2 aromatic rings. The van der Waals surface area contributed by atoms with E-state index in [0.717, 1.165) is 12.8 Å². The first kappa shape index (κ1) is 15.2. The average Bonchev–Trinajstić information content (AvgIpc) is 3.00. The van der Waals surface area contributed by atoms with E-state index < -0.39 is 6.17 Å². The molecule has 3 rings (SSSR count). The maximum Gasteiger partial charge on any atom is 0.151 e. The molecule has 118 valence electrons. The van der Waals surface area contributed by atoms with Crippen molar-refractivity contribution in [2.24, 2.45) is 0 Å². The number of benzene rings is 1. The quantitative estimate of drug-likeness (QED) is 0.943. The van der Waals surface area contributed by atoms with Gasteiger partial charge in [0, 0.05) is 12.6 Å². The van der Waals surface area contributed by atoms with Gasteiger partial charge in [-0.2, -0.15) is 5.26 Å². The Bertz CT molecular complexity index is 741. The number of aromatic nitrogens is 2. The number of halogens is 1. The molecule has 0 saturated heterocycles. The standard InChI is InChI=1S/C17H17FN4O/c1-22(15-4-2-3-13(15)18)17-8-7-14(20-21-17)12-6-5-11(10-19)9-16(12)23/h5-9,13,15,23H,2-4H2,1H3/t13-,15+/m1/s1. The molecule has 0 aliphatic heterocycles. The van der Waals surface area contributed by atoms with Crippen LogP contribution in [0.25, 0.3) is 11.3 Å². The number of phenolic OH excluding ortho intramolecular Hbond substituents is 1. The molecule has 6 heteroatoms. The normalized spacial score (nSPS) is 20.2. The summed E-state index contributed by atoms with van der Waals surface area (Å²) < 4.78 is 13.8. The molecule has 1 saturated carbocycles. The summed E-state index contributed by atoms with van der Waals surface area (Å²) in [4.78, 5) is 1.83. The molecule has 1 aliphatic rings. The number of anilines is 1. The highest BCUT2D eigenvalue weighted by Gasteiger charge is 2.31. The summed E-state index contributed by atoms with van der Waals surface area (Å²) in [5.41, 5.74) is 1.40. The van der Waals surface area contributed by atoms with E-state index in [2.05, 4.69) is 10.2 Å². The van der Waals surface area contributed by atoms with Crippen molar-refractivity contribution in [3.63, 3.8) is 0 Å². The third-order valence-corrected chi connectivity index (χ3v) is 4.31. The summed E-state index contributed by atoms with van der Waals surface area (Å²) >= 11 is 0. The number of rotatable bonds is 3. The third-order valence-electron chi connectivity index (χ3n) is 4.31. The number of hydrogen-bond acceptors (Lipinski definition) is 5. The average molecular weight is 312 g/mol. The second kappa shape index (κ2) is 6.21. The predicted molar refractivity (Wildman–Crippen MR) is 84.8 cm³/mol. The SMILES string of the molecule is CN(c1ccc(-c2ccc(C#N)cc2O)nn1)[C@H]1CCC[C@H]1F. The number of phenols is 1. The topological polar surface area (TPSA) is 73.0 Å². The van der Waals surface area contributed by atoms with Gasteiger partial charge in [-0.25, -0.2) is 4.39 Å². The minimum atomic E-state index is -0.830. The zero-order valence-electron chi connectivity index (χ0n) is 12.8. The number of nitriles is 1. The van der Waals surface area contributed by atoms with Crippen LogP contribution >= 0.6 is 0 Å². The predicted octanol–water partition coefficient (Wildman–Crippen LogP) is 3.05. The first-order valence-corrected chi connectivity index (χ1v) is 7.54. The molecule has 1 heterocycles. The van der Waals surface area contributed by atoms with Crippen LogP contribution in [0.3, 0.4) is 0 Å². The van der Waals surface area contributed by atoms with Gasteiger partial charge in [0.2, 0.25) is 0 Å². The Morgan fingerprint density at radius 2 is 2.09 bits per heavy atom. The lowest BCUT2D eigenvalue weighted by molar-refractivity contribution is 0.306. The van der Waals surface area contributed by atoms with Gasteiger partial charge < -0.3 is 10.0 Å². The first-order chi connectivity index (χ1) is 11.1. The number of nitrogens with zero attached hydrogens (tertiary/aromatic N) is 4. The minimum absolute atomic E-state index is 0.0148. The van der Waals surface area contributed by atoms with E-state index >= 15 is 0 Å². The van der Waals surface area contributed by atoms with Crippen LogP contribution in [-0.4, -0.2) is 34.6 Å². The molecule has 0 amide bonds. The Kier molecular flexibility index (Phi) is 4.11. The molecule has 1 N–H and O–H groups in total. The molecule has 1 aromatic heterocycles. The van der Waals surface area contributed by atoms with E-state index in [1.165, 1.54) is 6.07 Å². The van der Waals surface area contributed by atoms with Crippen molar-refractivity contribution in [2.75, 3.05) is 11.9 Å².